The molecule has 1 heterocycles. The van der Waals surface area contributed by atoms with E-state index in [1.165, 1.54) is 43.7 Å². The molecule has 0 radical (unpaired) electrons. The predicted octanol–water partition coefficient (Wildman–Crippen LogP) is 6.25. The lowest BCUT2D eigenvalue weighted by molar-refractivity contribution is 0.346. The molecule has 126 valence electrons. The quantitative estimate of drug-likeness (QED) is 0.595. The number of aromatic nitrogens is 1. The van der Waals surface area contributed by atoms with E-state index in [1.807, 2.05) is 6.20 Å². The minimum atomic E-state index is -0.163. The van der Waals surface area contributed by atoms with Crippen LogP contribution in [0.2, 0.25) is 0 Å². The highest BCUT2D eigenvalue weighted by molar-refractivity contribution is 5.82. The molecule has 2 atom stereocenters. The maximum Gasteiger partial charge on any atom is 0.123 e. The lowest BCUT2D eigenvalue weighted by atomic mass is 9.74. The first kappa shape index (κ1) is 15.8. The molecule has 0 N–H and O–H groups in total. The Kier molecular flexibility index (Phi) is 4.15. The summed E-state index contributed by atoms with van der Waals surface area (Å²) in [6, 6.07) is 7.07. The fraction of sp³-hybridized carbons (Fsp3) is 0.500. The summed E-state index contributed by atoms with van der Waals surface area (Å²) >= 11 is 0. The van der Waals surface area contributed by atoms with Gasteiger partial charge in [0.05, 0.1) is 5.52 Å². The predicted molar refractivity (Wildman–Crippen MR) is 97.4 cm³/mol. The van der Waals surface area contributed by atoms with Crippen molar-refractivity contribution in [1.82, 2.24) is 4.98 Å². The summed E-state index contributed by atoms with van der Waals surface area (Å²) in [7, 11) is 0. The van der Waals surface area contributed by atoms with Gasteiger partial charge in [0.1, 0.15) is 5.82 Å². The Bertz CT molecular complexity index is 771. The van der Waals surface area contributed by atoms with E-state index in [9.17, 15) is 4.39 Å². The second-order valence-electron chi connectivity index (χ2n) is 7.89. The Hall–Kier alpha value is -1.70. The van der Waals surface area contributed by atoms with Crippen LogP contribution in [0.1, 0.15) is 57.4 Å². The highest BCUT2D eigenvalue weighted by atomic mass is 19.1. The second-order valence-corrected chi connectivity index (χ2v) is 7.89. The van der Waals surface area contributed by atoms with Gasteiger partial charge in [-0.3, -0.25) is 4.98 Å². The van der Waals surface area contributed by atoms with E-state index in [-0.39, 0.29) is 5.82 Å². The molecule has 1 aromatic carbocycles. The lowest BCUT2D eigenvalue weighted by Crippen LogP contribution is -2.17. The molecule has 0 bridgehead atoms. The zero-order valence-corrected chi connectivity index (χ0v) is 14.6. The molecular formula is C22H26FN. The molecule has 0 spiro atoms. The minimum Gasteiger partial charge on any atom is -0.256 e. The highest BCUT2D eigenvalue weighted by Gasteiger charge is 2.30. The average molecular weight is 323 g/mol. The summed E-state index contributed by atoms with van der Waals surface area (Å²) in [4.78, 5) is 4.40. The topological polar surface area (TPSA) is 12.9 Å². The molecular weight excluding hydrogens is 297 g/mol. The number of rotatable bonds is 2. The maximum absolute atomic E-state index is 13.7. The molecule has 4 rings (SSSR count). The summed E-state index contributed by atoms with van der Waals surface area (Å²) in [5.74, 6) is 2.66. The van der Waals surface area contributed by atoms with E-state index in [0.29, 0.717) is 5.92 Å². The highest BCUT2D eigenvalue weighted by Crippen LogP contribution is 2.45. The van der Waals surface area contributed by atoms with Crippen LogP contribution in [0.5, 0.6) is 0 Å². The molecule has 2 aliphatic rings. The van der Waals surface area contributed by atoms with Gasteiger partial charge in [0.25, 0.3) is 0 Å². The smallest absolute Gasteiger partial charge is 0.123 e. The molecule has 24 heavy (non-hydrogen) atoms. The van der Waals surface area contributed by atoms with E-state index in [2.05, 4.69) is 31.0 Å². The van der Waals surface area contributed by atoms with E-state index in [0.717, 1.165) is 28.7 Å². The fourth-order valence-electron chi connectivity index (χ4n) is 5.03. The van der Waals surface area contributed by atoms with Gasteiger partial charge >= 0.3 is 0 Å². The van der Waals surface area contributed by atoms with Crippen molar-refractivity contribution in [3.63, 3.8) is 0 Å². The van der Waals surface area contributed by atoms with E-state index in [1.54, 1.807) is 17.7 Å². The third-order valence-electron chi connectivity index (χ3n) is 6.15. The van der Waals surface area contributed by atoms with Crippen molar-refractivity contribution in [1.29, 1.82) is 0 Å². The Balaban J connectivity index is 1.54. The summed E-state index contributed by atoms with van der Waals surface area (Å²) in [5.41, 5.74) is 3.92. The van der Waals surface area contributed by atoms with Crippen molar-refractivity contribution in [2.75, 3.05) is 0 Å². The van der Waals surface area contributed by atoms with Gasteiger partial charge in [-0.15, -0.1) is 0 Å². The van der Waals surface area contributed by atoms with Crippen LogP contribution in [0.3, 0.4) is 0 Å². The molecule has 0 amide bonds. The Morgan fingerprint density at radius 1 is 1.00 bits per heavy atom. The van der Waals surface area contributed by atoms with Crippen LogP contribution in [0.15, 0.2) is 42.1 Å². The van der Waals surface area contributed by atoms with E-state index < -0.39 is 0 Å². The molecule has 2 unspecified atom stereocenters. The van der Waals surface area contributed by atoms with Crippen LogP contribution in [0.25, 0.3) is 10.9 Å². The largest absolute Gasteiger partial charge is 0.256 e. The van der Waals surface area contributed by atoms with Crippen molar-refractivity contribution in [2.45, 2.75) is 51.9 Å². The Morgan fingerprint density at radius 3 is 2.46 bits per heavy atom. The summed E-state index contributed by atoms with van der Waals surface area (Å²) in [5, 5.41) is 1.00. The average Bonchev–Trinajstić information content (AvgIpc) is 2.93. The standard InChI is InChI=1S/C22H26FN/c1-14-11-15(2)20(12-14)17-5-3-16(4-6-17)19-9-10-24-22-8-7-18(23)13-21(19)22/h7-10,12-17H,3-6,11H2,1-2H3. The zero-order chi connectivity index (χ0) is 16.7. The maximum atomic E-state index is 13.7. The van der Waals surface area contributed by atoms with Crippen LogP contribution in [-0.2, 0) is 0 Å². The number of allylic oxidation sites excluding steroid dienone is 2. The minimum absolute atomic E-state index is 0.163. The van der Waals surface area contributed by atoms with Crippen molar-refractivity contribution in [3.05, 3.63) is 53.5 Å². The number of halogens is 1. The molecule has 1 nitrogen and oxygen atoms in total. The van der Waals surface area contributed by atoms with Crippen molar-refractivity contribution >= 4 is 10.9 Å². The van der Waals surface area contributed by atoms with Gasteiger partial charge in [-0.25, -0.2) is 4.39 Å². The number of nitrogens with zero attached hydrogens (tertiary/aromatic N) is 1. The molecule has 0 aliphatic heterocycles. The normalized spacial score (nSPS) is 30.5. The van der Waals surface area contributed by atoms with Crippen LogP contribution in [-0.4, -0.2) is 4.98 Å². The monoisotopic (exact) mass is 323 g/mol. The van der Waals surface area contributed by atoms with Gasteiger partial charge in [-0.05, 0) is 85.6 Å². The molecule has 2 aromatic rings. The van der Waals surface area contributed by atoms with Gasteiger partial charge in [0.15, 0.2) is 0 Å². The van der Waals surface area contributed by atoms with Crippen LogP contribution in [0, 0.1) is 23.6 Å². The lowest BCUT2D eigenvalue weighted by Gasteiger charge is -2.31. The summed E-state index contributed by atoms with van der Waals surface area (Å²) in [6.45, 7) is 4.73. The first-order valence-electron chi connectivity index (χ1n) is 9.37. The first-order chi connectivity index (χ1) is 11.6. The molecule has 2 heteroatoms. The van der Waals surface area contributed by atoms with Gasteiger partial charge < -0.3 is 0 Å². The Morgan fingerprint density at radius 2 is 1.75 bits per heavy atom. The third-order valence-corrected chi connectivity index (χ3v) is 6.15. The molecule has 1 aromatic heterocycles. The second kappa shape index (κ2) is 6.31. The van der Waals surface area contributed by atoms with Crippen LogP contribution < -0.4 is 0 Å². The van der Waals surface area contributed by atoms with Crippen molar-refractivity contribution in [3.8, 4) is 0 Å². The van der Waals surface area contributed by atoms with Crippen LogP contribution >= 0.6 is 0 Å². The van der Waals surface area contributed by atoms with Gasteiger partial charge in [0.2, 0.25) is 0 Å². The number of benzene rings is 1. The molecule has 1 saturated carbocycles. The van der Waals surface area contributed by atoms with E-state index >= 15 is 0 Å². The Labute approximate surface area is 144 Å². The molecule has 2 aliphatic carbocycles. The van der Waals surface area contributed by atoms with Gasteiger partial charge in [-0.1, -0.05) is 25.5 Å². The summed E-state index contributed by atoms with van der Waals surface area (Å²) < 4.78 is 13.7. The number of hydrogen-bond acceptors (Lipinski definition) is 1. The third kappa shape index (κ3) is 2.87. The molecule has 1 fully saturated rings. The van der Waals surface area contributed by atoms with Crippen molar-refractivity contribution < 1.29 is 4.39 Å². The zero-order valence-electron chi connectivity index (χ0n) is 14.6. The fourth-order valence-corrected chi connectivity index (χ4v) is 5.03. The van der Waals surface area contributed by atoms with Gasteiger partial charge in [-0.2, -0.15) is 0 Å². The SMILES string of the molecule is CC1C=C(C2CCC(c3ccnc4ccc(F)cc34)CC2)C(C)C1. The number of pyridine rings is 1. The number of fused-ring (bicyclic) bond motifs is 1. The van der Waals surface area contributed by atoms with E-state index in [4.69, 9.17) is 0 Å². The molecule has 0 saturated heterocycles. The van der Waals surface area contributed by atoms with Gasteiger partial charge in [0, 0.05) is 11.6 Å². The number of hydrogen-bond donors (Lipinski definition) is 0. The summed E-state index contributed by atoms with van der Waals surface area (Å²) in [6.07, 6.45) is 10.7. The van der Waals surface area contributed by atoms with Crippen molar-refractivity contribution in [2.24, 2.45) is 17.8 Å². The first-order valence-corrected chi connectivity index (χ1v) is 9.37. The van der Waals surface area contributed by atoms with Crippen LogP contribution in [0.4, 0.5) is 4.39 Å².